The number of quaternary nitrogens is 1. The summed E-state index contributed by atoms with van der Waals surface area (Å²) < 4.78 is 6.60. The van der Waals surface area contributed by atoms with Gasteiger partial charge in [-0.2, -0.15) is 0 Å². The van der Waals surface area contributed by atoms with Crippen molar-refractivity contribution in [3.05, 3.63) is 35.9 Å². The fraction of sp³-hybridized carbons (Fsp3) is 0.682. The molecular formula is C22H36NO3+. The predicted molar refractivity (Wildman–Crippen MR) is 105 cm³/mol. The normalized spacial score (nSPS) is 18.3. The zero-order chi connectivity index (χ0) is 19.0. The highest BCUT2D eigenvalue weighted by Gasteiger charge is 2.47. The van der Waals surface area contributed by atoms with E-state index in [2.05, 4.69) is 20.8 Å². The van der Waals surface area contributed by atoms with Gasteiger partial charge in [0.15, 0.2) is 5.60 Å². The maximum Gasteiger partial charge on any atom is 0.343 e. The number of benzene rings is 1. The van der Waals surface area contributed by atoms with Gasteiger partial charge in [0, 0.05) is 5.92 Å². The Labute approximate surface area is 158 Å². The Bertz CT molecular complexity index is 542. The maximum absolute atomic E-state index is 13.0. The summed E-state index contributed by atoms with van der Waals surface area (Å²) in [6, 6.07) is 9.36. The van der Waals surface area contributed by atoms with Crippen molar-refractivity contribution in [1.82, 2.24) is 0 Å². The van der Waals surface area contributed by atoms with Crippen molar-refractivity contribution in [3.8, 4) is 0 Å². The van der Waals surface area contributed by atoms with Crippen molar-refractivity contribution in [1.29, 1.82) is 0 Å². The number of rotatable bonds is 9. The molecule has 0 spiro atoms. The van der Waals surface area contributed by atoms with E-state index in [1.54, 1.807) is 0 Å². The van der Waals surface area contributed by atoms with Gasteiger partial charge in [-0.3, -0.25) is 0 Å². The number of hydrogen-bond donors (Lipinski definition) is 1. The van der Waals surface area contributed by atoms with E-state index in [4.69, 9.17) is 4.74 Å². The Morgan fingerprint density at radius 2 is 1.65 bits per heavy atom. The molecule has 1 aromatic carbocycles. The van der Waals surface area contributed by atoms with Gasteiger partial charge in [0.1, 0.15) is 13.2 Å². The quantitative estimate of drug-likeness (QED) is 0.536. The summed E-state index contributed by atoms with van der Waals surface area (Å²) in [5.41, 5.74) is -0.860. The van der Waals surface area contributed by atoms with Crippen LogP contribution in [0.3, 0.4) is 0 Å². The molecule has 146 valence electrons. The lowest BCUT2D eigenvalue weighted by Gasteiger charge is -2.38. The van der Waals surface area contributed by atoms with Crippen LogP contribution in [-0.2, 0) is 15.1 Å². The van der Waals surface area contributed by atoms with Crippen molar-refractivity contribution < 1.29 is 19.1 Å². The second-order valence-corrected chi connectivity index (χ2v) is 7.62. The summed E-state index contributed by atoms with van der Waals surface area (Å²) in [4.78, 5) is 13.0. The Morgan fingerprint density at radius 1 is 1.08 bits per heavy atom. The van der Waals surface area contributed by atoms with Crippen LogP contribution in [0.25, 0.3) is 0 Å². The van der Waals surface area contributed by atoms with E-state index in [0.717, 1.165) is 56.3 Å². The molecule has 1 aliphatic carbocycles. The third kappa shape index (κ3) is 4.47. The van der Waals surface area contributed by atoms with Gasteiger partial charge < -0.3 is 14.3 Å². The molecule has 1 aromatic rings. The van der Waals surface area contributed by atoms with Crippen LogP contribution in [0, 0.1) is 5.92 Å². The molecular weight excluding hydrogens is 326 g/mol. The number of nitrogens with zero attached hydrogens (tertiary/aromatic N) is 1. The molecule has 4 nitrogen and oxygen atoms in total. The summed E-state index contributed by atoms with van der Waals surface area (Å²) in [6.45, 7) is 10.8. The van der Waals surface area contributed by atoms with E-state index in [-0.39, 0.29) is 5.92 Å². The van der Waals surface area contributed by atoms with Crippen LogP contribution in [0.15, 0.2) is 30.3 Å². The molecule has 0 unspecified atom stereocenters. The Balaban J connectivity index is 2.13. The first-order valence-corrected chi connectivity index (χ1v) is 10.3. The summed E-state index contributed by atoms with van der Waals surface area (Å²) in [6.07, 6.45) is 5.06. The van der Waals surface area contributed by atoms with Gasteiger partial charge in [-0.15, -0.1) is 0 Å². The van der Waals surface area contributed by atoms with E-state index in [1.807, 2.05) is 30.3 Å². The van der Waals surface area contributed by atoms with Gasteiger partial charge in [0.05, 0.1) is 19.6 Å². The first-order chi connectivity index (χ1) is 12.5. The third-order valence-corrected chi connectivity index (χ3v) is 6.53. The largest absolute Gasteiger partial charge is 0.457 e. The van der Waals surface area contributed by atoms with Crippen molar-refractivity contribution >= 4 is 5.97 Å². The number of aliphatic hydroxyl groups is 1. The molecule has 1 fully saturated rings. The van der Waals surface area contributed by atoms with E-state index in [0.29, 0.717) is 12.2 Å². The maximum atomic E-state index is 13.0. The molecule has 0 aliphatic heterocycles. The van der Waals surface area contributed by atoms with Crippen molar-refractivity contribution in [2.24, 2.45) is 5.92 Å². The molecule has 0 aromatic heterocycles. The van der Waals surface area contributed by atoms with Crippen molar-refractivity contribution in [2.75, 3.05) is 32.8 Å². The molecule has 1 saturated carbocycles. The third-order valence-electron chi connectivity index (χ3n) is 6.53. The fourth-order valence-electron chi connectivity index (χ4n) is 4.32. The topological polar surface area (TPSA) is 46.5 Å². The summed E-state index contributed by atoms with van der Waals surface area (Å²) in [5.74, 6) is -0.536. The first kappa shape index (κ1) is 20.9. The molecule has 1 aliphatic rings. The van der Waals surface area contributed by atoms with Gasteiger partial charge in [-0.25, -0.2) is 4.79 Å². The van der Waals surface area contributed by atoms with E-state index in [9.17, 15) is 9.90 Å². The molecule has 4 heteroatoms. The predicted octanol–water partition coefficient (Wildman–Crippen LogP) is 3.87. The van der Waals surface area contributed by atoms with Crippen LogP contribution >= 0.6 is 0 Å². The number of hydrogen-bond acceptors (Lipinski definition) is 3. The highest BCUT2D eigenvalue weighted by molar-refractivity contribution is 5.81. The van der Waals surface area contributed by atoms with Crippen LogP contribution < -0.4 is 0 Å². The zero-order valence-electron chi connectivity index (χ0n) is 16.7. The van der Waals surface area contributed by atoms with Crippen LogP contribution in [0.4, 0.5) is 0 Å². The van der Waals surface area contributed by atoms with Crippen LogP contribution in [0.1, 0.15) is 58.4 Å². The smallest absolute Gasteiger partial charge is 0.343 e. The summed E-state index contributed by atoms with van der Waals surface area (Å²) in [5, 5.41) is 11.5. The molecule has 0 heterocycles. The van der Waals surface area contributed by atoms with E-state index >= 15 is 0 Å². The second kappa shape index (κ2) is 9.52. The molecule has 0 saturated heterocycles. The van der Waals surface area contributed by atoms with E-state index < -0.39 is 11.6 Å². The molecule has 2 rings (SSSR count). The van der Waals surface area contributed by atoms with Gasteiger partial charge in [0.2, 0.25) is 0 Å². The van der Waals surface area contributed by atoms with Gasteiger partial charge >= 0.3 is 5.97 Å². The Kier molecular flexibility index (Phi) is 7.66. The standard InChI is InChI=1S/C22H36NO3/c1-4-23(5-2,6-3)17-18-26-21(24)22(25,19-13-9-7-10-14-19)20-15-11-8-12-16-20/h7,9-10,13-14,20,25H,4-6,8,11-12,15-18H2,1-3H3/q+1/t22-/m1/s1. The molecule has 1 N–H and O–H groups in total. The van der Waals surface area contributed by atoms with Crippen molar-refractivity contribution in [3.63, 3.8) is 0 Å². The molecule has 0 amide bonds. The van der Waals surface area contributed by atoms with Gasteiger partial charge in [0.25, 0.3) is 0 Å². The number of carbonyl (C=O) groups is 1. The lowest BCUT2D eigenvalue weighted by Crippen LogP contribution is -2.51. The Hall–Kier alpha value is -1.39. The number of likely N-dealkylation sites (N-methyl/N-ethyl adjacent to an activating group) is 1. The molecule has 0 bridgehead atoms. The second-order valence-electron chi connectivity index (χ2n) is 7.62. The summed E-state index contributed by atoms with van der Waals surface area (Å²) >= 11 is 0. The minimum absolute atomic E-state index is 0.0612. The Morgan fingerprint density at radius 3 is 2.19 bits per heavy atom. The highest BCUT2D eigenvalue weighted by Crippen LogP contribution is 2.40. The average molecular weight is 363 g/mol. The van der Waals surface area contributed by atoms with Crippen LogP contribution in [-0.4, -0.2) is 48.3 Å². The zero-order valence-corrected chi connectivity index (χ0v) is 16.7. The average Bonchev–Trinajstić information content (AvgIpc) is 2.72. The highest BCUT2D eigenvalue weighted by atomic mass is 16.5. The van der Waals surface area contributed by atoms with E-state index in [1.165, 1.54) is 6.42 Å². The van der Waals surface area contributed by atoms with Crippen LogP contribution in [0.5, 0.6) is 0 Å². The number of carbonyl (C=O) groups excluding carboxylic acids is 1. The minimum atomic E-state index is -1.53. The lowest BCUT2D eigenvalue weighted by atomic mass is 9.73. The van der Waals surface area contributed by atoms with Crippen molar-refractivity contribution in [2.45, 2.75) is 58.5 Å². The fourth-order valence-corrected chi connectivity index (χ4v) is 4.32. The number of esters is 1. The van der Waals surface area contributed by atoms with Crippen LogP contribution in [0.2, 0.25) is 0 Å². The SMILES string of the molecule is CC[N+](CC)(CC)CCOC(=O)[C@@](O)(c1ccccc1)C1CCCCC1. The van der Waals surface area contributed by atoms with Gasteiger partial charge in [-0.05, 0) is 39.2 Å². The number of ether oxygens (including phenoxy) is 1. The monoisotopic (exact) mass is 362 g/mol. The van der Waals surface area contributed by atoms with Gasteiger partial charge in [-0.1, -0.05) is 49.6 Å². The lowest BCUT2D eigenvalue weighted by molar-refractivity contribution is -0.923. The summed E-state index contributed by atoms with van der Waals surface area (Å²) in [7, 11) is 0. The minimum Gasteiger partial charge on any atom is -0.457 e. The molecule has 26 heavy (non-hydrogen) atoms. The first-order valence-electron chi connectivity index (χ1n) is 10.3. The molecule has 0 radical (unpaired) electrons. The molecule has 1 atom stereocenters.